The van der Waals surface area contributed by atoms with Gasteiger partial charge in [-0.15, -0.1) is 6.58 Å². The summed E-state index contributed by atoms with van der Waals surface area (Å²) >= 11 is 2.46. The van der Waals surface area contributed by atoms with E-state index in [4.69, 9.17) is 0 Å². The number of hydrogen-bond acceptors (Lipinski definition) is 2. The van der Waals surface area contributed by atoms with Crippen LogP contribution in [-0.4, -0.2) is 4.57 Å². The van der Waals surface area contributed by atoms with Gasteiger partial charge < -0.3 is 9.88 Å². The fourth-order valence-electron chi connectivity index (χ4n) is 3.03. The van der Waals surface area contributed by atoms with Crippen LogP contribution < -0.4 is 10.9 Å². The maximum absolute atomic E-state index is 12.1. The van der Waals surface area contributed by atoms with E-state index in [-0.39, 0.29) is 11.6 Å². The van der Waals surface area contributed by atoms with Crippen LogP contribution in [0.25, 0.3) is 0 Å². The van der Waals surface area contributed by atoms with Crippen molar-refractivity contribution in [3.8, 4) is 0 Å². The van der Waals surface area contributed by atoms with Crippen LogP contribution in [0, 0.1) is 10.5 Å². The van der Waals surface area contributed by atoms with Crippen molar-refractivity contribution in [2.45, 2.75) is 59.2 Å². The number of aryl methyl sites for hydroxylation is 2. The van der Waals surface area contributed by atoms with Gasteiger partial charge in [-0.2, -0.15) is 0 Å². The molecule has 4 heteroatoms. The van der Waals surface area contributed by atoms with Crippen LogP contribution in [0.1, 0.15) is 61.4 Å². The Morgan fingerprint density at radius 1 is 1.27 bits per heavy atom. The first-order valence-corrected chi connectivity index (χ1v) is 10.3. The Morgan fingerprint density at radius 2 is 1.96 bits per heavy atom. The van der Waals surface area contributed by atoms with Gasteiger partial charge in [0.1, 0.15) is 0 Å². The smallest absolute Gasteiger partial charge is 0.250 e. The normalized spacial score (nSPS) is 12.4. The van der Waals surface area contributed by atoms with Gasteiger partial charge in [0, 0.05) is 35.0 Å². The van der Waals surface area contributed by atoms with E-state index in [9.17, 15) is 4.79 Å². The van der Waals surface area contributed by atoms with Crippen LogP contribution in [0.3, 0.4) is 0 Å². The maximum Gasteiger partial charge on any atom is 0.250 e. The van der Waals surface area contributed by atoms with Crippen molar-refractivity contribution >= 4 is 22.6 Å². The molecule has 1 heterocycles. The number of benzene rings is 1. The molecule has 0 amide bonds. The Hall–Kier alpha value is -1.40. The first-order chi connectivity index (χ1) is 12.3. The number of allylic oxidation sites excluding steroid dienone is 1. The van der Waals surface area contributed by atoms with Crippen molar-refractivity contribution in [1.29, 1.82) is 0 Å². The van der Waals surface area contributed by atoms with E-state index in [1.165, 1.54) is 14.7 Å². The fraction of sp³-hybridized carbons (Fsp3) is 0.409. The Kier molecular flexibility index (Phi) is 7.65. The van der Waals surface area contributed by atoms with Gasteiger partial charge in [-0.1, -0.05) is 38.1 Å². The molecule has 0 bridgehead atoms. The van der Waals surface area contributed by atoms with E-state index in [0.717, 1.165) is 24.1 Å². The third kappa shape index (κ3) is 5.07. The van der Waals surface area contributed by atoms with E-state index in [2.05, 4.69) is 73.5 Å². The summed E-state index contributed by atoms with van der Waals surface area (Å²) in [5.74, 6) is 0.518. The van der Waals surface area contributed by atoms with Gasteiger partial charge >= 0.3 is 0 Å². The summed E-state index contributed by atoms with van der Waals surface area (Å²) in [5.41, 5.74) is 4.98. The third-order valence-corrected chi connectivity index (χ3v) is 6.01. The van der Waals surface area contributed by atoms with Crippen LogP contribution in [0.2, 0.25) is 0 Å². The van der Waals surface area contributed by atoms with Crippen molar-refractivity contribution in [2.24, 2.45) is 0 Å². The first-order valence-electron chi connectivity index (χ1n) is 9.17. The van der Waals surface area contributed by atoms with E-state index in [0.29, 0.717) is 12.5 Å². The zero-order valence-corrected chi connectivity index (χ0v) is 18.3. The second-order valence-electron chi connectivity index (χ2n) is 7.10. The summed E-state index contributed by atoms with van der Waals surface area (Å²) in [6.07, 6.45) is 4.62. The number of nitrogens with one attached hydrogen (secondary N) is 1. The average molecular weight is 464 g/mol. The molecule has 1 N–H and O–H groups in total. The topological polar surface area (TPSA) is 34.0 Å². The summed E-state index contributed by atoms with van der Waals surface area (Å²) in [7, 11) is 0. The van der Waals surface area contributed by atoms with Gasteiger partial charge in [0.2, 0.25) is 0 Å². The lowest BCUT2D eigenvalue weighted by atomic mass is 9.98. The predicted molar refractivity (Wildman–Crippen MR) is 119 cm³/mol. The molecule has 1 aromatic carbocycles. The second-order valence-corrected chi connectivity index (χ2v) is 8.18. The standard InChI is InChI=1S/C22H29IN2O/c1-6-7-11-25-14-18(16(4)12-21(25)26)13-24-17(5)20-10-8-9-19(15(2)3)22(20)23/h6,8-10,12,14-15,17,24H,1,7,11,13H2,2-5H3/t17-/m1/s1. The van der Waals surface area contributed by atoms with Crippen LogP contribution in [0.15, 0.2) is 47.9 Å². The molecule has 0 saturated heterocycles. The lowest BCUT2D eigenvalue weighted by Gasteiger charge is -2.20. The first kappa shape index (κ1) is 20.9. The van der Waals surface area contributed by atoms with Crippen LogP contribution in [0.4, 0.5) is 0 Å². The second kappa shape index (κ2) is 9.51. The third-order valence-electron chi connectivity index (χ3n) is 4.76. The van der Waals surface area contributed by atoms with Gasteiger partial charge in [-0.05, 0) is 71.0 Å². The van der Waals surface area contributed by atoms with Crippen molar-refractivity contribution in [3.63, 3.8) is 0 Å². The van der Waals surface area contributed by atoms with E-state index >= 15 is 0 Å². The number of aromatic nitrogens is 1. The van der Waals surface area contributed by atoms with E-state index < -0.39 is 0 Å². The molecule has 0 unspecified atom stereocenters. The van der Waals surface area contributed by atoms with E-state index in [1.54, 1.807) is 10.6 Å². The molecular weight excluding hydrogens is 435 g/mol. The minimum absolute atomic E-state index is 0.0559. The summed E-state index contributed by atoms with van der Waals surface area (Å²) in [6, 6.07) is 8.53. The summed E-state index contributed by atoms with van der Waals surface area (Å²) < 4.78 is 3.12. The summed E-state index contributed by atoms with van der Waals surface area (Å²) in [6.45, 7) is 13.8. The number of rotatable bonds is 8. The van der Waals surface area contributed by atoms with Gasteiger partial charge in [0.15, 0.2) is 0 Å². The molecule has 0 aliphatic carbocycles. The Balaban J connectivity index is 2.17. The largest absolute Gasteiger partial charge is 0.315 e. The molecule has 140 valence electrons. The molecule has 2 aromatic rings. The predicted octanol–water partition coefficient (Wildman–Crippen LogP) is 5.31. The lowest BCUT2D eigenvalue weighted by Crippen LogP contribution is -2.24. The molecule has 1 aromatic heterocycles. The highest BCUT2D eigenvalue weighted by Crippen LogP contribution is 2.28. The minimum Gasteiger partial charge on any atom is -0.315 e. The minimum atomic E-state index is 0.0559. The van der Waals surface area contributed by atoms with Crippen molar-refractivity contribution in [1.82, 2.24) is 9.88 Å². The maximum atomic E-state index is 12.1. The summed E-state index contributed by atoms with van der Waals surface area (Å²) in [5, 5.41) is 3.63. The monoisotopic (exact) mass is 464 g/mol. The Bertz CT molecular complexity index is 823. The molecule has 0 saturated carbocycles. The van der Waals surface area contributed by atoms with Crippen molar-refractivity contribution in [2.75, 3.05) is 0 Å². The lowest BCUT2D eigenvalue weighted by molar-refractivity contribution is 0.563. The Morgan fingerprint density at radius 3 is 2.62 bits per heavy atom. The average Bonchev–Trinajstić information content (AvgIpc) is 2.59. The molecule has 26 heavy (non-hydrogen) atoms. The SMILES string of the molecule is C=CCCn1cc(CN[C@H](C)c2cccc(C(C)C)c2I)c(C)cc1=O. The molecule has 1 atom stereocenters. The Labute approximate surface area is 170 Å². The zero-order valence-electron chi connectivity index (χ0n) is 16.2. The quantitative estimate of drug-likeness (QED) is 0.424. The molecular formula is C22H29IN2O. The highest BCUT2D eigenvalue weighted by molar-refractivity contribution is 14.1. The van der Waals surface area contributed by atoms with Gasteiger partial charge in [0.05, 0.1) is 0 Å². The number of hydrogen-bond donors (Lipinski definition) is 1. The van der Waals surface area contributed by atoms with Crippen LogP contribution in [0.5, 0.6) is 0 Å². The van der Waals surface area contributed by atoms with E-state index in [1.807, 2.05) is 19.2 Å². The highest BCUT2D eigenvalue weighted by atomic mass is 127. The molecule has 2 rings (SSSR count). The van der Waals surface area contributed by atoms with Crippen LogP contribution >= 0.6 is 22.6 Å². The molecule has 0 spiro atoms. The molecule has 0 radical (unpaired) electrons. The number of nitrogens with zero attached hydrogens (tertiary/aromatic N) is 1. The highest BCUT2D eigenvalue weighted by Gasteiger charge is 2.14. The van der Waals surface area contributed by atoms with Gasteiger partial charge in [0.25, 0.3) is 5.56 Å². The van der Waals surface area contributed by atoms with Gasteiger partial charge in [-0.3, -0.25) is 4.79 Å². The fourth-order valence-corrected chi connectivity index (χ4v) is 4.48. The number of pyridine rings is 1. The molecule has 3 nitrogen and oxygen atoms in total. The molecule has 0 aliphatic heterocycles. The molecule has 0 fully saturated rings. The molecule has 0 aliphatic rings. The van der Waals surface area contributed by atoms with Crippen LogP contribution in [-0.2, 0) is 13.1 Å². The van der Waals surface area contributed by atoms with Crippen molar-refractivity contribution < 1.29 is 0 Å². The number of halogens is 1. The summed E-state index contributed by atoms with van der Waals surface area (Å²) in [4.78, 5) is 12.1. The van der Waals surface area contributed by atoms with Crippen molar-refractivity contribution in [3.05, 3.63) is 79.3 Å². The zero-order chi connectivity index (χ0) is 19.3. The van der Waals surface area contributed by atoms with Gasteiger partial charge in [-0.25, -0.2) is 0 Å².